The van der Waals surface area contributed by atoms with Gasteiger partial charge in [-0.1, -0.05) is 231 Å². The van der Waals surface area contributed by atoms with E-state index in [1.165, 1.54) is 131 Å². The standard InChI is InChI=1S/C78H46O2/c1-2-19-54-50(17-1)44-70(78-65-29-11-7-25-61(65)76(62-26-8-12-30-66(62)78)52-39-42-74-69(46-52)57-21-14-16-32-72(57)80-74)55-40-37-49(43-67(54)55)47-33-35-48(36-34-47)53-18-3-4-22-58(53)77-63-27-9-5-23-59(63)75(60-24-6-10-28-64(60)77)51-38-41-73-68(45-51)56-20-13-15-31-71(56)79-73/h1-46H. The molecule has 0 fully saturated rings. The Hall–Kier alpha value is -10.5. The summed E-state index contributed by atoms with van der Waals surface area (Å²) >= 11 is 0. The molecule has 2 nitrogen and oxygen atoms in total. The Labute approximate surface area is 460 Å². The molecule has 17 aromatic rings. The van der Waals surface area contributed by atoms with Crippen LogP contribution in [0.5, 0.6) is 0 Å². The normalized spacial score (nSPS) is 12.0. The van der Waals surface area contributed by atoms with Gasteiger partial charge in [0, 0.05) is 21.5 Å². The molecular formula is C78H46O2. The summed E-state index contributed by atoms with van der Waals surface area (Å²) in [7, 11) is 0. The molecule has 0 aliphatic carbocycles. The second-order valence-electron chi connectivity index (χ2n) is 21.3. The maximum absolute atomic E-state index is 6.30. The molecule has 0 aliphatic heterocycles. The van der Waals surface area contributed by atoms with Gasteiger partial charge in [0.05, 0.1) is 0 Å². The number of hydrogen-bond donors (Lipinski definition) is 0. The molecule has 2 aromatic heterocycles. The van der Waals surface area contributed by atoms with Crippen molar-refractivity contribution < 1.29 is 8.83 Å². The van der Waals surface area contributed by atoms with Crippen molar-refractivity contribution >= 4 is 109 Å². The largest absolute Gasteiger partial charge is 0.456 e. The van der Waals surface area contributed by atoms with Gasteiger partial charge in [0.1, 0.15) is 22.3 Å². The van der Waals surface area contributed by atoms with E-state index >= 15 is 0 Å². The first kappa shape index (κ1) is 44.6. The minimum absolute atomic E-state index is 0.902. The Morgan fingerprint density at radius 3 is 1.02 bits per heavy atom. The van der Waals surface area contributed by atoms with Gasteiger partial charge >= 0.3 is 0 Å². The zero-order valence-electron chi connectivity index (χ0n) is 43.4. The average Bonchev–Trinajstić information content (AvgIpc) is 4.24. The van der Waals surface area contributed by atoms with Crippen LogP contribution in [0.3, 0.4) is 0 Å². The smallest absolute Gasteiger partial charge is 0.135 e. The van der Waals surface area contributed by atoms with E-state index in [0.717, 1.165) is 43.9 Å². The molecule has 2 heterocycles. The van der Waals surface area contributed by atoms with E-state index in [-0.39, 0.29) is 0 Å². The molecule has 80 heavy (non-hydrogen) atoms. The van der Waals surface area contributed by atoms with Crippen molar-refractivity contribution in [2.24, 2.45) is 0 Å². The lowest BCUT2D eigenvalue weighted by atomic mass is 9.83. The Bertz CT molecular complexity index is 5310. The van der Waals surface area contributed by atoms with Crippen molar-refractivity contribution in [3.8, 4) is 66.8 Å². The molecule has 0 spiro atoms. The van der Waals surface area contributed by atoms with Crippen LogP contribution in [0, 0.1) is 0 Å². The molecule has 0 saturated heterocycles. The van der Waals surface area contributed by atoms with Crippen LogP contribution >= 0.6 is 0 Å². The van der Waals surface area contributed by atoms with E-state index in [0.29, 0.717) is 0 Å². The fourth-order valence-electron chi connectivity index (χ4n) is 13.5. The molecule has 0 aliphatic rings. The topological polar surface area (TPSA) is 26.3 Å². The van der Waals surface area contributed by atoms with Gasteiger partial charge in [-0.2, -0.15) is 0 Å². The van der Waals surface area contributed by atoms with Crippen LogP contribution in [0.4, 0.5) is 0 Å². The second kappa shape index (κ2) is 17.5. The number of fused-ring (bicyclic) bond motifs is 13. The molecule has 0 amide bonds. The molecule has 0 bridgehead atoms. The third-order valence-corrected chi connectivity index (χ3v) is 17.0. The van der Waals surface area contributed by atoms with Crippen molar-refractivity contribution in [1.29, 1.82) is 0 Å². The molecule has 0 atom stereocenters. The van der Waals surface area contributed by atoms with Gasteiger partial charge in [-0.3, -0.25) is 0 Å². The lowest BCUT2D eigenvalue weighted by Gasteiger charge is -2.20. The third-order valence-electron chi connectivity index (χ3n) is 17.0. The minimum atomic E-state index is 0.902. The highest BCUT2D eigenvalue weighted by atomic mass is 16.3. The van der Waals surface area contributed by atoms with Gasteiger partial charge in [-0.25, -0.2) is 0 Å². The number of hydrogen-bond acceptors (Lipinski definition) is 2. The van der Waals surface area contributed by atoms with Crippen LogP contribution in [0.15, 0.2) is 288 Å². The summed E-state index contributed by atoms with van der Waals surface area (Å²) in [5.41, 5.74) is 18.1. The van der Waals surface area contributed by atoms with Gasteiger partial charge in [-0.05, 0) is 180 Å². The fourth-order valence-corrected chi connectivity index (χ4v) is 13.5. The molecule has 370 valence electrons. The van der Waals surface area contributed by atoms with Gasteiger partial charge in [-0.15, -0.1) is 0 Å². The number of furan rings is 2. The number of rotatable bonds is 6. The van der Waals surface area contributed by atoms with Crippen molar-refractivity contribution in [1.82, 2.24) is 0 Å². The van der Waals surface area contributed by atoms with Crippen LogP contribution in [-0.2, 0) is 0 Å². The van der Waals surface area contributed by atoms with E-state index in [4.69, 9.17) is 8.83 Å². The average molecular weight is 1020 g/mol. The van der Waals surface area contributed by atoms with Gasteiger partial charge < -0.3 is 8.83 Å². The Balaban J connectivity index is 0.793. The Kier molecular flexibility index (Phi) is 9.75. The van der Waals surface area contributed by atoms with E-state index in [1.807, 2.05) is 12.1 Å². The lowest BCUT2D eigenvalue weighted by molar-refractivity contribution is 0.668. The first-order chi connectivity index (χ1) is 39.7. The van der Waals surface area contributed by atoms with Gasteiger partial charge in [0.25, 0.3) is 0 Å². The number of benzene rings is 15. The maximum atomic E-state index is 6.30. The fraction of sp³-hybridized carbons (Fsp3) is 0. The molecule has 2 heteroatoms. The molecular weight excluding hydrogens is 969 g/mol. The van der Waals surface area contributed by atoms with E-state index < -0.39 is 0 Å². The Morgan fingerprint density at radius 2 is 0.512 bits per heavy atom. The van der Waals surface area contributed by atoms with Crippen molar-refractivity contribution in [2.75, 3.05) is 0 Å². The minimum Gasteiger partial charge on any atom is -0.456 e. The van der Waals surface area contributed by atoms with E-state index in [1.54, 1.807) is 0 Å². The summed E-state index contributed by atoms with van der Waals surface area (Å²) in [6, 6.07) is 102. The zero-order valence-corrected chi connectivity index (χ0v) is 43.4. The molecule has 0 N–H and O–H groups in total. The van der Waals surface area contributed by atoms with Crippen LogP contribution in [-0.4, -0.2) is 0 Å². The number of para-hydroxylation sites is 2. The highest BCUT2D eigenvalue weighted by Crippen LogP contribution is 2.50. The van der Waals surface area contributed by atoms with E-state index in [2.05, 4.69) is 267 Å². The molecule has 0 saturated carbocycles. The summed E-state index contributed by atoms with van der Waals surface area (Å²) in [5.74, 6) is 0. The highest BCUT2D eigenvalue weighted by molar-refractivity contribution is 6.27. The van der Waals surface area contributed by atoms with Crippen LogP contribution in [0.2, 0.25) is 0 Å². The third kappa shape index (κ3) is 6.73. The van der Waals surface area contributed by atoms with Crippen LogP contribution < -0.4 is 0 Å². The van der Waals surface area contributed by atoms with Crippen LogP contribution in [0.25, 0.3) is 175 Å². The van der Waals surface area contributed by atoms with Gasteiger partial charge in [0.15, 0.2) is 0 Å². The van der Waals surface area contributed by atoms with Crippen molar-refractivity contribution in [3.05, 3.63) is 279 Å². The maximum Gasteiger partial charge on any atom is 0.135 e. The monoisotopic (exact) mass is 1010 g/mol. The van der Waals surface area contributed by atoms with E-state index in [9.17, 15) is 0 Å². The first-order valence-corrected chi connectivity index (χ1v) is 27.5. The SMILES string of the molecule is c1ccc(-c2c3ccccc3c(-c3ccc4oc5ccccc5c4c3)c3ccccc23)c(-c2ccc(-c3ccc4c(-c5c6ccccc6c(-c6ccc7oc8ccccc8c7c6)c6ccccc56)cc5ccccc5c4c3)cc2)c1. The molecule has 0 unspecified atom stereocenters. The lowest BCUT2D eigenvalue weighted by Crippen LogP contribution is -1.93. The summed E-state index contributed by atoms with van der Waals surface area (Å²) < 4.78 is 12.6. The molecule has 17 rings (SSSR count). The predicted molar refractivity (Wildman–Crippen MR) is 339 cm³/mol. The Morgan fingerprint density at radius 1 is 0.163 bits per heavy atom. The zero-order chi connectivity index (χ0) is 52.4. The van der Waals surface area contributed by atoms with Crippen molar-refractivity contribution in [3.63, 3.8) is 0 Å². The van der Waals surface area contributed by atoms with Crippen molar-refractivity contribution in [2.45, 2.75) is 0 Å². The van der Waals surface area contributed by atoms with Crippen LogP contribution in [0.1, 0.15) is 0 Å². The van der Waals surface area contributed by atoms with Gasteiger partial charge in [0.2, 0.25) is 0 Å². The second-order valence-corrected chi connectivity index (χ2v) is 21.3. The summed E-state index contributed by atoms with van der Waals surface area (Å²) in [6.07, 6.45) is 0. The summed E-state index contributed by atoms with van der Waals surface area (Å²) in [4.78, 5) is 0. The molecule has 0 radical (unpaired) electrons. The predicted octanol–water partition coefficient (Wildman–Crippen LogP) is 22.4. The molecule has 15 aromatic carbocycles. The summed E-state index contributed by atoms with van der Waals surface area (Å²) in [5, 5.41) is 19.3. The quantitative estimate of drug-likeness (QED) is 0.123. The highest BCUT2D eigenvalue weighted by Gasteiger charge is 2.23. The first-order valence-electron chi connectivity index (χ1n) is 27.5. The summed E-state index contributed by atoms with van der Waals surface area (Å²) in [6.45, 7) is 0.